The number of carbonyl (C=O) groups excluding carboxylic acids is 1. The zero-order valence-corrected chi connectivity index (χ0v) is 18.2. The van der Waals surface area contributed by atoms with E-state index >= 15 is 0 Å². The van der Waals surface area contributed by atoms with Gasteiger partial charge >= 0.3 is 0 Å². The second kappa shape index (κ2) is 8.66. The molecule has 0 bridgehead atoms. The number of para-hydroxylation sites is 1. The van der Waals surface area contributed by atoms with Crippen LogP contribution in [0.5, 0.6) is 0 Å². The largest absolute Gasteiger partial charge is 0.369 e. The van der Waals surface area contributed by atoms with Crippen molar-refractivity contribution >= 4 is 46.3 Å². The SMILES string of the molecule is CC(C)Nc1ncc2nc(Nc3c(F)cccc3Cl)n([C@H]3CC[C@@H](C(N)=O)CC3)c2n1. The standard InChI is InChI=1S/C21H25ClFN7O/c1-11(2)26-20-25-10-16-19(29-20)30(13-8-6-12(7-9-13)18(24)31)21(27-16)28-17-14(22)4-3-5-15(17)23/h3-5,10-13H,6-9H2,1-2H3,(H2,24,31)(H,27,28)(H,25,26,29)/t12-,13+. The first kappa shape index (κ1) is 21.3. The summed E-state index contributed by atoms with van der Waals surface area (Å²) < 4.78 is 16.4. The van der Waals surface area contributed by atoms with Crippen molar-refractivity contribution in [3.05, 3.63) is 35.2 Å². The molecule has 4 N–H and O–H groups in total. The van der Waals surface area contributed by atoms with E-state index in [1.165, 1.54) is 6.07 Å². The summed E-state index contributed by atoms with van der Waals surface area (Å²) in [6.07, 6.45) is 4.47. The van der Waals surface area contributed by atoms with Crippen molar-refractivity contribution in [3.8, 4) is 0 Å². The van der Waals surface area contributed by atoms with Gasteiger partial charge in [0.25, 0.3) is 0 Å². The van der Waals surface area contributed by atoms with Crippen molar-refractivity contribution in [2.24, 2.45) is 11.7 Å². The highest BCUT2D eigenvalue weighted by Crippen LogP contribution is 2.38. The average Bonchev–Trinajstić information content (AvgIpc) is 3.07. The Morgan fingerprint density at radius 2 is 2.00 bits per heavy atom. The molecule has 1 fully saturated rings. The Bertz CT molecular complexity index is 1090. The maximum atomic E-state index is 14.4. The van der Waals surface area contributed by atoms with Crippen molar-refractivity contribution in [1.82, 2.24) is 19.5 Å². The molecule has 164 valence electrons. The van der Waals surface area contributed by atoms with E-state index in [1.54, 1.807) is 18.3 Å². The molecule has 1 aliphatic carbocycles. The fourth-order valence-corrected chi connectivity index (χ4v) is 4.21. The molecule has 2 heterocycles. The molecular weight excluding hydrogens is 421 g/mol. The van der Waals surface area contributed by atoms with Gasteiger partial charge in [-0.15, -0.1) is 0 Å². The van der Waals surface area contributed by atoms with Crippen LogP contribution in [0.25, 0.3) is 11.2 Å². The van der Waals surface area contributed by atoms with Crippen LogP contribution in [0.3, 0.4) is 0 Å². The van der Waals surface area contributed by atoms with Crippen LogP contribution in [0.15, 0.2) is 24.4 Å². The van der Waals surface area contributed by atoms with Crippen molar-refractivity contribution in [3.63, 3.8) is 0 Å². The summed E-state index contributed by atoms with van der Waals surface area (Å²) in [5, 5.41) is 6.51. The smallest absolute Gasteiger partial charge is 0.224 e. The molecular formula is C21H25ClFN7O. The molecule has 1 saturated carbocycles. The minimum Gasteiger partial charge on any atom is -0.369 e. The quantitative estimate of drug-likeness (QED) is 0.518. The Labute approximate surface area is 184 Å². The molecule has 1 aromatic carbocycles. The molecule has 3 aromatic rings. The first-order chi connectivity index (χ1) is 14.8. The van der Waals surface area contributed by atoms with Crippen molar-refractivity contribution in [2.75, 3.05) is 10.6 Å². The van der Waals surface area contributed by atoms with Gasteiger partial charge in [0, 0.05) is 18.0 Å². The number of nitrogens with zero attached hydrogens (tertiary/aromatic N) is 4. The number of halogens is 2. The minimum absolute atomic E-state index is 0.0236. The summed E-state index contributed by atoms with van der Waals surface area (Å²) in [6.45, 7) is 4.01. The van der Waals surface area contributed by atoms with Gasteiger partial charge in [0.1, 0.15) is 11.3 Å². The molecule has 4 rings (SSSR count). The first-order valence-electron chi connectivity index (χ1n) is 10.4. The Kier molecular flexibility index (Phi) is 5.95. The number of imidazole rings is 1. The predicted octanol–water partition coefficient (Wildman–Crippen LogP) is 4.40. The van der Waals surface area contributed by atoms with E-state index in [0.717, 1.165) is 12.8 Å². The number of anilines is 3. The highest BCUT2D eigenvalue weighted by Gasteiger charge is 2.29. The van der Waals surface area contributed by atoms with Gasteiger partial charge in [-0.2, -0.15) is 4.98 Å². The third-order valence-electron chi connectivity index (χ3n) is 5.51. The van der Waals surface area contributed by atoms with E-state index in [2.05, 4.69) is 25.6 Å². The van der Waals surface area contributed by atoms with E-state index < -0.39 is 5.82 Å². The predicted molar refractivity (Wildman–Crippen MR) is 119 cm³/mol. The molecule has 1 amide bonds. The van der Waals surface area contributed by atoms with Gasteiger partial charge in [-0.3, -0.25) is 9.36 Å². The summed E-state index contributed by atoms with van der Waals surface area (Å²) in [7, 11) is 0. The van der Waals surface area contributed by atoms with Crippen LogP contribution in [0, 0.1) is 11.7 Å². The van der Waals surface area contributed by atoms with E-state index in [-0.39, 0.29) is 34.6 Å². The third-order valence-corrected chi connectivity index (χ3v) is 5.83. The van der Waals surface area contributed by atoms with Gasteiger partial charge in [-0.25, -0.2) is 14.4 Å². The molecule has 2 aromatic heterocycles. The van der Waals surface area contributed by atoms with Gasteiger partial charge in [0.05, 0.1) is 16.9 Å². The first-order valence-corrected chi connectivity index (χ1v) is 10.7. The molecule has 0 saturated heterocycles. The molecule has 8 nitrogen and oxygen atoms in total. The third kappa shape index (κ3) is 4.41. The van der Waals surface area contributed by atoms with Crippen LogP contribution in [0.4, 0.5) is 22.0 Å². The van der Waals surface area contributed by atoms with Gasteiger partial charge in [0.2, 0.25) is 17.8 Å². The molecule has 31 heavy (non-hydrogen) atoms. The number of nitrogens with one attached hydrogen (secondary N) is 2. The lowest BCUT2D eigenvalue weighted by Crippen LogP contribution is -2.28. The summed E-state index contributed by atoms with van der Waals surface area (Å²) in [6, 6.07) is 4.68. The van der Waals surface area contributed by atoms with Crippen LogP contribution < -0.4 is 16.4 Å². The van der Waals surface area contributed by atoms with Gasteiger partial charge in [-0.05, 0) is 51.7 Å². The van der Waals surface area contributed by atoms with E-state index in [4.69, 9.17) is 17.3 Å². The number of fused-ring (bicyclic) bond motifs is 1. The molecule has 0 atom stereocenters. The Morgan fingerprint density at radius 3 is 2.65 bits per heavy atom. The van der Waals surface area contributed by atoms with E-state index in [0.29, 0.717) is 35.9 Å². The Balaban J connectivity index is 1.77. The Hall–Kier alpha value is -2.94. The van der Waals surface area contributed by atoms with Crippen molar-refractivity contribution in [2.45, 2.75) is 51.6 Å². The van der Waals surface area contributed by atoms with Crippen LogP contribution in [-0.2, 0) is 4.79 Å². The topological polar surface area (TPSA) is 111 Å². The second-order valence-electron chi connectivity index (χ2n) is 8.14. The molecule has 10 heteroatoms. The van der Waals surface area contributed by atoms with Crippen LogP contribution in [0.1, 0.15) is 45.6 Å². The van der Waals surface area contributed by atoms with E-state index in [9.17, 15) is 9.18 Å². The number of benzene rings is 1. The number of amides is 1. The second-order valence-corrected chi connectivity index (χ2v) is 8.54. The molecule has 0 radical (unpaired) electrons. The summed E-state index contributed by atoms with van der Waals surface area (Å²) >= 11 is 6.22. The number of primary amides is 1. The number of aromatic nitrogens is 4. The number of hydrogen-bond donors (Lipinski definition) is 3. The lowest BCUT2D eigenvalue weighted by molar-refractivity contribution is -0.122. The van der Waals surface area contributed by atoms with Crippen molar-refractivity contribution < 1.29 is 9.18 Å². The maximum absolute atomic E-state index is 14.4. The van der Waals surface area contributed by atoms with Crippen LogP contribution >= 0.6 is 11.6 Å². The monoisotopic (exact) mass is 445 g/mol. The van der Waals surface area contributed by atoms with Crippen LogP contribution in [-0.4, -0.2) is 31.5 Å². The summed E-state index contributed by atoms with van der Waals surface area (Å²) in [5.74, 6) is 0.0506. The van der Waals surface area contributed by atoms with Gasteiger partial charge in [0.15, 0.2) is 5.65 Å². The zero-order valence-electron chi connectivity index (χ0n) is 17.4. The van der Waals surface area contributed by atoms with Gasteiger partial charge in [-0.1, -0.05) is 17.7 Å². The maximum Gasteiger partial charge on any atom is 0.224 e. The lowest BCUT2D eigenvalue weighted by Gasteiger charge is -2.29. The van der Waals surface area contributed by atoms with Crippen molar-refractivity contribution in [1.29, 1.82) is 0 Å². The molecule has 0 unspecified atom stereocenters. The number of nitrogens with two attached hydrogens (primary N) is 1. The molecule has 1 aliphatic rings. The minimum atomic E-state index is -0.475. The molecule has 0 aliphatic heterocycles. The zero-order chi connectivity index (χ0) is 22.1. The normalized spacial score (nSPS) is 19.0. The fourth-order valence-electron chi connectivity index (χ4n) is 4.00. The average molecular weight is 446 g/mol. The highest BCUT2D eigenvalue weighted by molar-refractivity contribution is 6.33. The highest BCUT2D eigenvalue weighted by atomic mass is 35.5. The number of hydrogen-bond acceptors (Lipinski definition) is 6. The van der Waals surface area contributed by atoms with E-state index in [1.807, 2.05) is 18.4 Å². The molecule has 0 spiro atoms. The summed E-state index contributed by atoms with van der Waals surface area (Å²) in [5.41, 5.74) is 6.87. The van der Waals surface area contributed by atoms with Crippen LogP contribution in [0.2, 0.25) is 5.02 Å². The number of carbonyl (C=O) groups is 1. The Morgan fingerprint density at radius 1 is 1.26 bits per heavy atom. The summed E-state index contributed by atoms with van der Waals surface area (Å²) in [4.78, 5) is 25.2. The fraction of sp³-hybridized carbons (Fsp3) is 0.429. The van der Waals surface area contributed by atoms with Gasteiger partial charge < -0.3 is 16.4 Å². The number of rotatable bonds is 6. The lowest BCUT2D eigenvalue weighted by atomic mass is 9.85.